The molecule has 0 saturated carbocycles. The number of fused-ring (bicyclic) bond motifs is 1. The number of ether oxygens (including phenoxy) is 2. The van der Waals surface area contributed by atoms with Crippen LogP contribution in [0.3, 0.4) is 0 Å². The van der Waals surface area contributed by atoms with Gasteiger partial charge in [0.05, 0.1) is 4.88 Å². The molecule has 2 heterocycles. The Hall–Kier alpha value is -1.81. The Labute approximate surface area is 103 Å². The quantitative estimate of drug-likeness (QED) is 0.764. The highest BCUT2D eigenvalue weighted by molar-refractivity contribution is 7.17. The molecule has 0 fully saturated rings. The number of hydrogen-bond donors (Lipinski definition) is 0. The van der Waals surface area contributed by atoms with Gasteiger partial charge in [0.25, 0.3) is 0 Å². The Morgan fingerprint density at radius 1 is 1.12 bits per heavy atom. The van der Waals surface area contributed by atoms with Crippen molar-refractivity contribution in [2.24, 2.45) is 0 Å². The predicted molar refractivity (Wildman–Crippen MR) is 66.1 cm³/mol. The van der Waals surface area contributed by atoms with Gasteiger partial charge in [-0.1, -0.05) is 6.07 Å². The third-order valence-electron chi connectivity index (χ3n) is 2.57. The average Bonchev–Trinajstić information content (AvgIpc) is 2.87. The molecular weight excluding hydrogens is 236 g/mol. The van der Waals surface area contributed by atoms with E-state index < -0.39 is 0 Å². The van der Waals surface area contributed by atoms with Gasteiger partial charge in [0.2, 0.25) is 0 Å². The molecule has 1 aromatic carbocycles. The highest BCUT2D eigenvalue weighted by atomic mass is 32.1. The minimum atomic E-state index is 0.565. The molecule has 0 radical (unpaired) electrons. The third-order valence-corrected chi connectivity index (χ3v) is 3.62. The average molecular weight is 246 g/mol. The lowest BCUT2D eigenvalue weighted by Gasteiger charge is -2.20. The molecule has 0 aliphatic carbocycles. The molecule has 2 aromatic rings. The van der Waals surface area contributed by atoms with E-state index in [-0.39, 0.29) is 0 Å². The fourth-order valence-electron chi connectivity index (χ4n) is 1.83. The Bertz CT molecular complexity index is 560. The van der Waals surface area contributed by atoms with E-state index in [1.54, 1.807) is 0 Å². The zero-order valence-corrected chi connectivity index (χ0v) is 9.83. The van der Waals surface area contributed by atoms with Crippen LogP contribution < -0.4 is 9.47 Å². The van der Waals surface area contributed by atoms with E-state index in [4.69, 9.17) is 9.47 Å². The van der Waals surface area contributed by atoms with E-state index in [9.17, 15) is 4.79 Å². The summed E-state index contributed by atoms with van der Waals surface area (Å²) in [6, 6.07) is 9.56. The monoisotopic (exact) mass is 246 g/mol. The number of para-hydroxylation sites is 1. The standard InChI is InChI=1S/C13H10O3S/c14-8-9-4-5-12(17-9)10-2-1-3-11-13(10)16-7-6-15-11/h1-5,8H,6-7H2. The van der Waals surface area contributed by atoms with Crippen LogP contribution >= 0.6 is 11.3 Å². The summed E-state index contributed by atoms with van der Waals surface area (Å²) in [4.78, 5) is 12.4. The third kappa shape index (κ3) is 1.80. The van der Waals surface area contributed by atoms with Crippen molar-refractivity contribution in [3.8, 4) is 21.9 Å². The lowest BCUT2D eigenvalue weighted by atomic mass is 10.1. The second-order valence-electron chi connectivity index (χ2n) is 3.65. The first kappa shape index (κ1) is 10.4. The van der Waals surface area contributed by atoms with Crippen molar-refractivity contribution >= 4 is 17.6 Å². The number of aldehydes is 1. The maximum atomic E-state index is 10.7. The van der Waals surface area contributed by atoms with Crippen LogP contribution in [0.15, 0.2) is 30.3 Å². The first-order valence-electron chi connectivity index (χ1n) is 5.32. The minimum Gasteiger partial charge on any atom is -0.486 e. The predicted octanol–water partition coefficient (Wildman–Crippen LogP) is 3.00. The van der Waals surface area contributed by atoms with Crippen molar-refractivity contribution in [1.82, 2.24) is 0 Å². The Kier molecular flexibility index (Phi) is 2.57. The number of hydrogen-bond acceptors (Lipinski definition) is 4. The highest BCUT2D eigenvalue weighted by Crippen LogP contribution is 2.41. The van der Waals surface area contributed by atoms with Gasteiger partial charge in [0.1, 0.15) is 13.2 Å². The molecule has 1 aromatic heterocycles. The topological polar surface area (TPSA) is 35.5 Å². The number of rotatable bonds is 2. The van der Waals surface area contributed by atoms with E-state index in [1.165, 1.54) is 11.3 Å². The van der Waals surface area contributed by atoms with Crippen LogP contribution in [0.2, 0.25) is 0 Å². The Morgan fingerprint density at radius 3 is 2.82 bits per heavy atom. The zero-order valence-electron chi connectivity index (χ0n) is 9.01. The van der Waals surface area contributed by atoms with E-state index in [0.717, 1.165) is 28.2 Å². The van der Waals surface area contributed by atoms with E-state index in [0.29, 0.717) is 18.1 Å². The Balaban J connectivity index is 2.10. The molecule has 0 spiro atoms. The molecule has 17 heavy (non-hydrogen) atoms. The first-order chi connectivity index (χ1) is 8.38. The van der Waals surface area contributed by atoms with Crippen LogP contribution in [-0.4, -0.2) is 19.5 Å². The SMILES string of the molecule is O=Cc1ccc(-c2cccc3c2OCCO3)s1. The van der Waals surface area contributed by atoms with Crippen LogP contribution in [0.1, 0.15) is 9.67 Å². The van der Waals surface area contributed by atoms with Crippen molar-refractivity contribution in [3.05, 3.63) is 35.2 Å². The largest absolute Gasteiger partial charge is 0.486 e. The van der Waals surface area contributed by atoms with Crippen LogP contribution in [0.5, 0.6) is 11.5 Å². The zero-order chi connectivity index (χ0) is 11.7. The van der Waals surface area contributed by atoms with Crippen LogP contribution in [-0.2, 0) is 0 Å². The summed E-state index contributed by atoms with van der Waals surface area (Å²) in [5.74, 6) is 1.55. The fourth-order valence-corrected chi connectivity index (χ4v) is 2.67. The van der Waals surface area contributed by atoms with Crippen molar-refractivity contribution in [2.75, 3.05) is 13.2 Å². The summed E-state index contributed by atoms with van der Waals surface area (Å²) in [6.07, 6.45) is 0.862. The van der Waals surface area contributed by atoms with Crippen molar-refractivity contribution in [2.45, 2.75) is 0 Å². The van der Waals surface area contributed by atoms with Gasteiger partial charge in [0.15, 0.2) is 17.8 Å². The Morgan fingerprint density at radius 2 is 2.00 bits per heavy atom. The molecule has 86 valence electrons. The lowest BCUT2D eigenvalue weighted by molar-refractivity contribution is 0.112. The van der Waals surface area contributed by atoms with Gasteiger partial charge in [-0.2, -0.15) is 0 Å². The van der Waals surface area contributed by atoms with Crippen molar-refractivity contribution in [1.29, 1.82) is 0 Å². The molecule has 1 aliphatic heterocycles. The normalized spacial score (nSPS) is 13.4. The van der Waals surface area contributed by atoms with Crippen molar-refractivity contribution in [3.63, 3.8) is 0 Å². The maximum Gasteiger partial charge on any atom is 0.169 e. The molecule has 0 atom stereocenters. The second-order valence-corrected chi connectivity index (χ2v) is 4.76. The summed E-state index contributed by atoms with van der Waals surface area (Å²) >= 11 is 1.46. The number of thiophene rings is 1. The summed E-state index contributed by atoms with van der Waals surface area (Å²) < 4.78 is 11.2. The molecule has 0 N–H and O–H groups in total. The molecule has 0 saturated heterocycles. The maximum absolute atomic E-state index is 10.7. The van der Waals surface area contributed by atoms with Gasteiger partial charge in [0, 0.05) is 10.4 Å². The first-order valence-corrected chi connectivity index (χ1v) is 6.14. The second kappa shape index (κ2) is 4.22. The van der Waals surface area contributed by atoms with Gasteiger partial charge in [-0.05, 0) is 24.3 Å². The molecule has 3 rings (SSSR count). The molecule has 3 nitrogen and oxygen atoms in total. The summed E-state index contributed by atoms with van der Waals surface area (Å²) in [6.45, 7) is 1.15. The van der Waals surface area contributed by atoms with Crippen LogP contribution in [0.4, 0.5) is 0 Å². The molecular formula is C13H10O3S. The van der Waals surface area contributed by atoms with Crippen molar-refractivity contribution < 1.29 is 14.3 Å². The molecule has 0 bridgehead atoms. The van der Waals surface area contributed by atoms with E-state index in [1.807, 2.05) is 30.3 Å². The smallest absolute Gasteiger partial charge is 0.169 e. The summed E-state index contributed by atoms with van der Waals surface area (Å²) in [5.41, 5.74) is 0.986. The minimum absolute atomic E-state index is 0.565. The number of benzene rings is 1. The molecule has 0 amide bonds. The number of carbonyl (C=O) groups excluding carboxylic acids is 1. The van der Waals surface area contributed by atoms with E-state index >= 15 is 0 Å². The summed E-state index contributed by atoms with van der Waals surface area (Å²) in [7, 11) is 0. The van der Waals surface area contributed by atoms with Crippen LogP contribution in [0.25, 0.3) is 10.4 Å². The van der Waals surface area contributed by atoms with Gasteiger partial charge >= 0.3 is 0 Å². The molecule has 0 unspecified atom stereocenters. The van der Waals surface area contributed by atoms with E-state index in [2.05, 4.69) is 0 Å². The van der Waals surface area contributed by atoms with Crippen LogP contribution in [0, 0.1) is 0 Å². The number of carbonyl (C=O) groups is 1. The fraction of sp³-hybridized carbons (Fsp3) is 0.154. The van der Waals surface area contributed by atoms with Gasteiger partial charge < -0.3 is 9.47 Å². The van der Waals surface area contributed by atoms with Gasteiger partial charge in [-0.3, -0.25) is 4.79 Å². The van der Waals surface area contributed by atoms with Gasteiger partial charge in [-0.15, -0.1) is 11.3 Å². The molecule has 4 heteroatoms. The van der Waals surface area contributed by atoms with Gasteiger partial charge in [-0.25, -0.2) is 0 Å². The lowest BCUT2D eigenvalue weighted by Crippen LogP contribution is -2.15. The molecule has 1 aliphatic rings. The summed E-state index contributed by atoms with van der Waals surface area (Å²) in [5, 5.41) is 0. The highest BCUT2D eigenvalue weighted by Gasteiger charge is 2.17.